The largest absolute Gasteiger partial charge is 0.480 e. The zero-order chi connectivity index (χ0) is 15.0. The Bertz CT molecular complexity index is 473. The maximum absolute atomic E-state index is 12.5. The second-order valence-corrected chi connectivity index (χ2v) is 6.21. The lowest BCUT2D eigenvalue weighted by molar-refractivity contribution is -0.142. The monoisotopic (exact) mass is 295 g/mol. The van der Waals surface area contributed by atoms with E-state index in [-0.39, 0.29) is 18.5 Å². The molecule has 0 bridgehead atoms. The lowest BCUT2D eigenvalue weighted by Gasteiger charge is -2.24. The molecule has 1 atom stereocenters. The van der Waals surface area contributed by atoms with Crippen LogP contribution in [-0.2, 0) is 9.59 Å². The molecule has 1 spiro atoms. The number of nitrogens with one attached hydrogen (secondary N) is 1. The SMILES string of the molecule is O=C(O)C1CCCN1CCN1C(=O)NC2(CCCC2)C1=O. The predicted octanol–water partition coefficient (Wildman–Crippen LogP) is 0.400. The van der Waals surface area contributed by atoms with Gasteiger partial charge in [-0.25, -0.2) is 4.79 Å². The van der Waals surface area contributed by atoms with E-state index >= 15 is 0 Å². The van der Waals surface area contributed by atoms with Gasteiger partial charge in [-0.3, -0.25) is 19.4 Å². The maximum Gasteiger partial charge on any atom is 0.325 e. The molecule has 2 saturated heterocycles. The molecule has 0 radical (unpaired) electrons. The van der Waals surface area contributed by atoms with Gasteiger partial charge in [0, 0.05) is 13.1 Å². The van der Waals surface area contributed by atoms with Gasteiger partial charge in [-0.2, -0.15) is 0 Å². The Kier molecular flexibility index (Phi) is 3.61. The minimum Gasteiger partial charge on any atom is -0.480 e. The number of amides is 3. The number of likely N-dealkylation sites (tertiary alicyclic amines) is 1. The first-order valence-corrected chi connectivity index (χ1v) is 7.64. The number of hydrogen-bond donors (Lipinski definition) is 2. The first-order valence-electron chi connectivity index (χ1n) is 7.64. The summed E-state index contributed by atoms with van der Waals surface area (Å²) in [6.45, 7) is 1.42. The van der Waals surface area contributed by atoms with Crippen LogP contribution in [0.1, 0.15) is 38.5 Å². The summed E-state index contributed by atoms with van der Waals surface area (Å²) in [7, 11) is 0. The molecular formula is C14H21N3O4. The van der Waals surface area contributed by atoms with Crippen molar-refractivity contribution in [2.75, 3.05) is 19.6 Å². The highest BCUT2D eigenvalue weighted by Crippen LogP contribution is 2.35. The minimum atomic E-state index is -0.822. The van der Waals surface area contributed by atoms with Crippen LogP contribution in [0.4, 0.5) is 4.79 Å². The summed E-state index contributed by atoms with van der Waals surface area (Å²) in [6.07, 6.45) is 4.85. The highest BCUT2D eigenvalue weighted by molar-refractivity contribution is 6.07. The van der Waals surface area contributed by atoms with Gasteiger partial charge in [-0.15, -0.1) is 0 Å². The first kappa shape index (κ1) is 14.3. The van der Waals surface area contributed by atoms with E-state index in [0.717, 1.165) is 32.1 Å². The summed E-state index contributed by atoms with van der Waals surface area (Å²) in [4.78, 5) is 38.7. The number of carboxylic acids is 1. The fourth-order valence-electron chi connectivity index (χ4n) is 3.80. The number of nitrogens with zero attached hydrogens (tertiary/aromatic N) is 2. The highest BCUT2D eigenvalue weighted by atomic mass is 16.4. The average Bonchev–Trinajstić information content (AvgIpc) is 3.11. The molecule has 2 heterocycles. The molecule has 3 rings (SSSR count). The van der Waals surface area contributed by atoms with E-state index in [1.165, 1.54) is 4.90 Å². The first-order chi connectivity index (χ1) is 10.0. The van der Waals surface area contributed by atoms with Crippen molar-refractivity contribution in [1.29, 1.82) is 0 Å². The molecule has 7 nitrogen and oxygen atoms in total. The smallest absolute Gasteiger partial charge is 0.325 e. The summed E-state index contributed by atoms with van der Waals surface area (Å²) >= 11 is 0. The summed E-state index contributed by atoms with van der Waals surface area (Å²) in [5.41, 5.74) is -0.672. The molecule has 0 aromatic heterocycles. The topological polar surface area (TPSA) is 89.9 Å². The molecule has 0 aromatic rings. The number of imide groups is 1. The quantitative estimate of drug-likeness (QED) is 0.733. The van der Waals surface area contributed by atoms with Gasteiger partial charge >= 0.3 is 12.0 Å². The summed E-state index contributed by atoms with van der Waals surface area (Å²) in [5, 5.41) is 12.0. The molecule has 1 aliphatic carbocycles. The predicted molar refractivity (Wildman–Crippen MR) is 73.7 cm³/mol. The molecule has 3 aliphatic rings. The van der Waals surface area contributed by atoms with Gasteiger partial charge in [0.1, 0.15) is 11.6 Å². The Labute approximate surface area is 123 Å². The molecular weight excluding hydrogens is 274 g/mol. The number of hydrogen-bond acceptors (Lipinski definition) is 4. The Balaban J connectivity index is 1.61. The normalized spacial score (nSPS) is 28.6. The zero-order valence-electron chi connectivity index (χ0n) is 12.0. The third-order valence-corrected chi connectivity index (χ3v) is 4.96. The van der Waals surface area contributed by atoms with Crippen LogP contribution in [0.25, 0.3) is 0 Å². The molecule has 2 N–H and O–H groups in total. The second-order valence-electron chi connectivity index (χ2n) is 6.21. The van der Waals surface area contributed by atoms with Gasteiger partial charge in [-0.05, 0) is 32.2 Å². The van der Waals surface area contributed by atoms with Crippen LogP contribution in [0.15, 0.2) is 0 Å². The van der Waals surface area contributed by atoms with E-state index in [9.17, 15) is 14.4 Å². The van der Waals surface area contributed by atoms with Gasteiger partial charge < -0.3 is 10.4 Å². The van der Waals surface area contributed by atoms with Gasteiger partial charge in [0.15, 0.2) is 0 Å². The number of urea groups is 1. The van der Waals surface area contributed by atoms with E-state index in [2.05, 4.69) is 5.32 Å². The van der Waals surface area contributed by atoms with Crippen molar-refractivity contribution in [3.8, 4) is 0 Å². The van der Waals surface area contributed by atoms with Crippen LogP contribution in [0.3, 0.4) is 0 Å². The van der Waals surface area contributed by atoms with Gasteiger partial charge in [0.05, 0.1) is 0 Å². The third kappa shape index (κ3) is 2.39. The Hall–Kier alpha value is -1.63. The van der Waals surface area contributed by atoms with E-state index in [1.807, 2.05) is 4.90 Å². The van der Waals surface area contributed by atoms with Crippen molar-refractivity contribution in [1.82, 2.24) is 15.1 Å². The van der Waals surface area contributed by atoms with Crippen LogP contribution in [-0.4, -0.2) is 64.0 Å². The van der Waals surface area contributed by atoms with Crippen LogP contribution in [0.2, 0.25) is 0 Å². The Morgan fingerprint density at radius 2 is 1.95 bits per heavy atom. The number of carboxylic acid groups (broad SMARTS) is 1. The second kappa shape index (κ2) is 5.29. The fraction of sp³-hybridized carbons (Fsp3) is 0.786. The van der Waals surface area contributed by atoms with Crippen molar-refractivity contribution >= 4 is 17.9 Å². The van der Waals surface area contributed by atoms with Crippen molar-refractivity contribution < 1.29 is 19.5 Å². The number of rotatable bonds is 4. The van der Waals surface area contributed by atoms with E-state index in [4.69, 9.17) is 5.11 Å². The molecule has 1 unspecified atom stereocenters. The lowest BCUT2D eigenvalue weighted by atomic mass is 9.98. The number of aliphatic carboxylic acids is 1. The van der Waals surface area contributed by atoms with E-state index < -0.39 is 17.6 Å². The Morgan fingerprint density at radius 3 is 2.62 bits per heavy atom. The van der Waals surface area contributed by atoms with Gasteiger partial charge in [0.25, 0.3) is 5.91 Å². The Morgan fingerprint density at radius 1 is 1.24 bits per heavy atom. The fourth-order valence-corrected chi connectivity index (χ4v) is 3.80. The molecule has 2 aliphatic heterocycles. The van der Waals surface area contributed by atoms with Crippen molar-refractivity contribution in [2.45, 2.75) is 50.1 Å². The van der Waals surface area contributed by atoms with Gasteiger partial charge in [-0.1, -0.05) is 12.8 Å². The summed E-state index contributed by atoms with van der Waals surface area (Å²) in [5.74, 6) is -0.951. The minimum absolute atomic E-state index is 0.129. The van der Waals surface area contributed by atoms with Crippen LogP contribution in [0.5, 0.6) is 0 Å². The van der Waals surface area contributed by atoms with Crippen molar-refractivity contribution in [3.63, 3.8) is 0 Å². The average molecular weight is 295 g/mol. The van der Waals surface area contributed by atoms with Crippen molar-refractivity contribution in [2.24, 2.45) is 0 Å². The number of carbonyl (C=O) groups excluding carboxylic acids is 2. The van der Waals surface area contributed by atoms with E-state index in [0.29, 0.717) is 19.5 Å². The lowest BCUT2D eigenvalue weighted by Crippen LogP contribution is -2.45. The summed E-state index contributed by atoms with van der Waals surface area (Å²) < 4.78 is 0. The maximum atomic E-state index is 12.5. The molecule has 7 heteroatoms. The standard InChI is InChI=1S/C14H21N3O4/c18-11(19)10-4-3-7-16(10)8-9-17-12(20)14(15-13(17)21)5-1-2-6-14/h10H,1-9H2,(H,15,21)(H,18,19). The van der Waals surface area contributed by atoms with Crippen molar-refractivity contribution in [3.05, 3.63) is 0 Å². The molecule has 1 saturated carbocycles. The van der Waals surface area contributed by atoms with E-state index in [1.54, 1.807) is 0 Å². The molecule has 0 aromatic carbocycles. The van der Waals surface area contributed by atoms with Crippen LogP contribution < -0.4 is 5.32 Å². The molecule has 3 amide bonds. The molecule has 116 valence electrons. The van der Waals surface area contributed by atoms with Crippen LogP contribution >= 0.6 is 0 Å². The summed E-state index contributed by atoms with van der Waals surface area (Å²) in [6, 6.07) is -0.806. The molecule has 3 fully saturated rings. The zero-order valence-corrected chi connectivity index (χ0v) is 12.0. The number of carbonyl (C=O) groups is 3. The van der Waals surface area contributed by atoms with Gasteiger partial charge in [0.2, 0.25) is 0 Å². The van der Waals surface area contributed by atoms with Crippen LogP contribution in [0, 0.1) is 0 Å². The highest BCUT2D eigenvalue weighted by Gasteiger charge is 2.52. The molecule has 21 heavy (non-hydrogen) atoms. The third-order valence-electron chi connectivity index (χ3n) is 4.96.